The maximum Gasteiger partial charge on any atom is 0.354 e. The Balaban J connectivity index is 1.39. The lowest BCUT2D eigenvalue weighted by atomic mass is 10.1. The summed E-state index contributed by atoms with van der Waals surface area (Å²) < 4.78 is 7.60. The van der Waals surface area contributed by atoms with E-state index < -0.39 is 5.97 Å². The first-order valence-corrected chi connectivity index (χ1v) is 11.3. The Kier molecular flexibility index (Phi) is 5.06. The van der Waals surface area contributed by atoms with Crippen LogP contribution in [0.15, 0.2) is 48.8 Å². The number of nitrogens with one attached hydrogen (secondary N) is 1. The predicted octanol–water partition coefficient (Wildman–Crippen LogP) is 3.50. The van der Waals surface area contributed by atoms with E-state index in [1.54, 1.807) is 6.07 Å². The van der Waals surface area contributed by atoms with Gasteiger partial charge in [-0.3, -0.25) is 4.68 Å². The molecule has 10 nitrogen and oxygen atoms in total. The normalized spacial score (nSPS) is 16.1. The van der Waals surface area contributed by atoms with Crippen molar-refractivity contribution in [3.05, 3.63) is 54.5 Å². The molecule has 2 aliphatic rings. The fourth-order valence-corrected chi connectivity index (χ4v) is 4.10. The number of anilines is 3. The number of morpholine rings is 1. The van der Waals surface area contributed by atoms with Gasteiger partial charge in [-0.1, -0.05) is 12.1 Å². The molecule has 1 saturated carbocycles. The minimum Gasteiger partial charge on any atom is -0.477 e. The van der Waals surface area contributed by atoms with Crippen molar-refractivity contribution in [1.29, 1.82) is 0 Å². The minimum absolute atomic E-state index is 0.0106. The Bertz CT molecular complexity index is 1360. The Morgan fingerprint density at radius 1 is 1.06 bits per heavy atom. The van der Waals surface area contributed by atoms with Gasteiger partial charge in [0.1, 0.15) is 11.5 Å². The van der Waals surface area contributed by atoms with Crippen LogP contribution in [-0.2, 0) is 4.74 Å². The summed E-state index contributed by atoms with van der Waals surface area (Å²) in [5.41, 5.74) is 3.51. The largest absolute Gasteiger partial charge is 0.477 e. The zero-order valence-electron chi connectivity index (χ0n) is 18.4. The van der Waals surface area contributed by atoms with E-state index in [-0.39, 0.29) is 5.69 Å². The van der Waals surface area contributed by atoms with Crippen molar-refractivity contribution < 1.29 is 14.6 Å². The van der Waals surface area contributed by atoms with Crippen molar-refractivity contribution in [2.45, 2.75) is 18.9 Å². The summed E-state index contributed by atoms with van der Waals surface area (Å²) in [6, 6.07) is 11.8. The molecular formula is C24H23N7O3. The van der Waals surface area contributed by atoms with Crippen LogP contribution in [0.4, 0.5) is 17.5 Å². The van der Waals surface area contributed by atoms with Gasteiger partial charge in [0.25, 0.3) is 0 Å². The number of aromatic nitrogens is 5. The number of hydrogen-bond donors (Lipinski definition) is 2. The highest BCUT2D eigenvalue weighted by Gasteiger charge is 2.26. The molecule has 10 heteroatoms. The number of carbonyl (C=O) groups is 1. The van der Waals surface area contributed by atoms with Crippen molar-refractivity contribution in [2.75, 3.05) is 36.5 Å². The topological polar surface area (TPSA) is 118 Å². The monoisotopic (exact) mass is 457 g/mol. The number of benzene rings is 1. The van der Waals surface area contributed by atoms with Crippen molar-refractivity contribution in [2.24, 2.45) is 0 Å². The van der Waals surface area contributed by atoms with Crippen LogP contribution >= 0.6 is 0 Å². The Labute approximate surface area is 195 Å². The van der Waals surface area contributed by atoms with E-state index in [2.05, 4.69) is 43.2 Å². The number of carboxylic acids is 1. The second-order valence-corrected chi connectivity index (χ2v) is 8.49. The zero-order chi connectivity index (χ0) is 23.1. The molecule has 0 spiro atoms. The number of ether oxygens (including phenoxy) is 1. The van der Waals surface area contributed by atoms with E-state index in [1.165, 1.54) is 25.1 Å². The number of rotatable bonds is 6. The molecule has 1 saturated heterocycles. The van der Waals surface area contributed by atoms with Crippen molar-refractivity contribution in [1.82, 2.24) is 24.7 Å². The van der Waals surface area contributed by atoms with Crippen LogP contribution in [0, 0.1) is 0 Å². The molecule has 1 aliphatic heterocycles. The smallest absolute Gasteiger partial charge is 0.354 e. The molecule has 34 heavy (non-hydrogen) atoms. The molecule has 0 atom stereocenters. The molecule has 0 amide bonds. The average molecular weight is 457 g/mol. The Morgan fingerprint density at radius 3 is 2.65 bits per heavy atom. The second kappa shape index (κ2) is 8.38. The number of hydrogen-bond acceptors (Lipinski definition) is 8. The summed E-state index contributed by atoms with van der Waals surface area (Å²) in [6.07, 6.45) is 5.73. The summed E-state index contributed by atoms with van der Waals surface area (Å²) in [5.74, 6) is 0.160. The molecule has 4 heterocycles. The molecule has 1 aromatic carbocycles. The first kappa shape index (κ1) is 20.5. The SMILES string of the molecule is O=C(O)c1ccc(Nc2cc(-c3ccc4cnn(C5CC5)c4c3)nc(N3CCOCC3)n2)cn1. The van der Waals surface area contributed by atoms with Crippen LogP contribution in [0.1, 0.15) is 29.4 Å². The average Bonchev–Trinajstić information content (AvgIpc) is 3.63. The molecule has 4 aromatic rings. The summed E-state index contributed by atoms with van der Waals surface area (Å²) in [6.45, 7) is 2.68. The molecular weight excluding hydrogens is 434 g/mol. The van der Waals surface area contributed by atoms with Crippen LogP contribution in [-0.4, -0.2) is 62.1 Å². The van der Waals surface area contributed by atoms with Crippen LogP contribution in [0.25, 0.3) is 22.2 Å². The molecule has 6 rings (SSSR count). The van der Waals surface area contributed by atoms with E-state index >= 15 is 0 Å². The van der Waals surface area contributed by atoms with E-state index in [4.69, 9.17) is 19.8 Å². The van der Waals surface area contributed by atoms with Gasteiger partial charge < -0.3 is 20.1 Å². The van der Waals surface area contributed by atoms with Gasteiger partial charge in [-0.2, -0.15) is 10.1 Å². The van der Waals surface area contributed by atoms with Gasteiger partial charge in [0.15, 0.2) is 0 Å². The molecule has 0 radical (unpaired) electrons. The first-order valence-electron chi connectivity index (χ1n) is 11.3. The number of carboxylic acid groups (broad SMARTS) is 1. The Hall–Kier alpha value is -4.05. The molecule has 172 valence electrons. The van der Waals surface area contributed by atoms with Crippen molar-refractivity contribution >= 4 is 34.3 Å². The lowest BCUT2D eigenvalue weighted by Crippen LogP contribution is -2.37. The third-order valence-electron chi connectivity index (χ3n) is 6.05. The van der Waals surface area contributed by atoms with Crippen LogP contribution < -0.4 is 10.2 Å². The number of fused-ring (bicyclic) bond motifs is 1. The molecule has 1 aliphatic carbocycles. The first-order chi connectivity index (χ1) is 16.6. The van der Waals surface area contributed by atoms with Gasteiger partial charge in [0.2, 0.25) is 5.95 Å². The zero-order valence-corrected chi connectivity index (χ0v) is 18.4. The standard InChI is InChI=1S/C24H23N7O3/c32-23(33)19-6-3-17(14-25-19)27-22-12-20(28-24(29-22)30-7-9-34-10-8-30)15-1-2-16-13-26-31(18-4-5-18)21(16)11-15/h1-3,6,11-14,18H,4-5,7-10H2,(H,32,33)(H,27,28,29). The van der Waals surface area contributed by atoms with Gasteiger partial charge in [-0.05, 0) is 31.0 Å². The lowest BCUT2D eigenvalue weighted by Gasteiger charge is -2.27. The highest BCUT2D eigenvalue weighted by Crippen LogP contribution is 2.37. The van der Waals surface area contributed by atoms with Gasteiger partial charge in [-0.25, -0.2) is 14.8 Å². The van der Waals surface area contributed by atoms with E-state index in [0.29, 0.717) is 49.8 Å². The highest BCUT2D eigenvalue weighted by molar-refractivity contribution is 5.86. The molecule has 0 unspecified atom stereocenters. The van der Waals surface area contributed by atoms with Gasteiger partial charge >= 0.3 is 5.97 Å². The van der Waals surface area contributed by atoms with Crippen molar-refractivity contribution in [3.8, 4) is 11.3 Å². The minimum atomic E-state index is -1.06. The molecule has 0 bridgehead atoms. The van der Waals surface area contributed by atoms with Crippen LogP contribution in [0.2, 0.25) is 0 Å². The molecule has 3 aromatic heterocycles. The molecule has 2 N–H and O–H groups in total. The second-order valence-electron chi connectivity index (χ2n) is 8.49. The van der Waals surface area contributed by atoms with Gasteiger partial charge in [0.05, 0.1) is 48.5 Å². The van der Waals surface area contributed by atoms with Gasteiger partial charge in [0, 0.05) is 30.1 Å². The Morgan fingerprint density at radius 2 is 1.91 bits per heavy atom. The summed E-state index contributed by atoms with van der Waals surface area (Å²) in [4.78, 5) is 26.8. The van der Waals surface area contributed by atoms with E-state index in [0.717, 1.165) is 22.2 Å². The number of aromatic carboxylic acids is 1. The summed E-state index contributed by atoms with van der Waals surface area (Å²) in [7, 11) is 0. The van der Waals surface area contributed by atoms with E-state index in [1.807, 2.05) is 12.3 Å². The number of pyridine rings is 1. The van der Waals surface area contributed by atoms with Crippen molar-refractivity contribution in [3.63, 3.8) is 0 Å². The fraction of sp³-hybridized carbons (Fsp3) is 0.292. The highest BCUT2D eigenvalue weighted by atomic mass is 16.5. The summed E-state index contributed by atoms with van der Waals surface area (Å²) >= 11 is 0. The third-order valence-corrected chi connectivity index (χ3v) is 6.05. The molecule has 2 fully saturated rings. The summed E-state index contributed by atoms with van der Waals surface area (Å²) in [5, 5.41) is 18.0. The predicted molar refractivity (Wildman–Crippen MR) is 127 cm³/mol. The fourth-order valence-electron chi connectivity index (χ4n) is 4.10. The lowest BCUT2D eigenvalue weighted by molar-refractivity contribution is 0.0690. The third kappa shape index (κ3) is 4.03. The quantitative estimate of drug-likeness (QED) is 0.448. The number of nitrogens with zero attached hydrogens (tertiary/aromatic N) is 6. The van der Waals surface area contributed by atoms with Crippen LogP contribution in [0.3, 0.4) is 0 Å². The maximum atomic E-state index is 11.1. The maximum absolute atomic E-state index is 11.1. The van der Waals surface area contributed by atoms with Crippen LogP contribution in [0.5, 0.6) is 0 Å². The van der Waals surface area contributed by atoms with Gasteiger partial charge in [-0.15, -0.1) is 0 Å². The van der Waals surface area contributed by atoms with E-state index in [9.17, 15) is 4.79 Å².